The van der Waals surface area contributed by atoms with Gasteiger partial charge in [-0.2, -0.15) is 0 Å². The summed E-state index contributed by atoms with van der Waals surface area (Å²) in [6.45, 7) is 4.80. The van der Waals surface area contributed by atoms with Gasteiger partial charge in [0, 0.05) is 12.2 Å². The summed E-state index contributed by atoms with van der Waals surface area (Å²) in [7, 11) is 0. The zero-order valence-corrected chi connectivity index (χ0v) is 15.6. The first-order valence-electron chi connectivity index (χ1n) is 9.13. The average molecular weight is 364 g/mol. The van der Waals surface area contributed by atoms with Gasteiger partial charge in [-0.3, -0.25) is 19.5 Å². The van der Waals surface area contributed by atoms with E-state index in [2.05, 4.69) is 36.3 Å². The molecule has 2 amide bonds. The van der Waals surface area contributed by atoms with Gasteiger partial charge >= 0.3 is 0 Å². The Morgan fingerprint density at radius 3 is 2.22 bits per heavy atom. The Kier molecular flexibility index (Phi) is 5.54. The van der Waals surface area contributed by atoms with E-state index >= 15 is 0 Å². The van der Waals surface area contributed by atoms with Crippen molar-refractivity contribution in [2.24, 2.45) is 10.7 Å². The number of carbonyl (C=O) groups excluding carboxylic acids is 2. The third-order valence-electron chi connectivity index (χ3n) is 4.85. The molecule has 1 aliphatic heterocycles. The van der Waals surface area contributed by atoms with Crippen LogP contribution in [-0.2, 0) is 0 Å². The average Bonchev–Trinajstić information content (AvgIpc) is 2.93. The van der Waals surface area contributed by atoms with Gasteiger partial charge in [0.2, 0.25) is 0 Å². The molecular weight excluding hydrogens is 340 g/mol. The first-order chi connectivity index (χ1) is 13.0. The predicted octanol–water partition coefficient (Wildman–Crippen LogP) is 3.22. The van der Waals surface area contributed by atoms with Crippen LogP contribution in [0.4, 0.5) is 5.69 Å². The van der Waals surface area contributed by atoms with Crippen LogP contribution in [0.3, 0.4) is 0 Å². The number of anilines is 1. The molecule has 0 aliphatic carbocycles. The van der Waals surface area contributed by atoms with Crippen LogP contribution in [0.2, 0.25) is 0 Å². The van der Waals surface area contributed by atoms with E-state index < -0.39 is 0 Å². The minimum atomic E-state index is -0.280. The number of imide groups is 1. The van der Waals surface area contributed by atoms with E-state index in [-0.39, 0.29) is 30.9 Å². The lowest BCUT2D eigenvalue weighted by Crippen LogP contribution is -2.33. The van der Waals surface area contributed by atoms with Gasteiger partial charge in [0.15, 0.2) is 5.96 Å². The molecule has 0 radical (unpaired) electrons. The normalized spacial score (nSPS) is 15.0. The van der Waals surface area contributed by atoms with Crippen LogP contribution in [0.25, 0.3) is 0 Å². The minimum Gasteiger partial charge on any atom is -0.370 e. The van der Waals surface area contributed by atoms with Crippen LogP contribution in [0, 0.1) is 0 Å². The van der Waals surface area contributed by atoms with E-state index in [0.717, 1.165) is 12.1 Å². The maximum Gasteiger partial charge on any atom is 0.261 e. The number of rotatable bonds is 6. The second kappa shape index (κ2) is 8.03. The Morgan fingerprint density at radius 2 is 1.67 bits per heavy atom. The Labute approximate surface area is 159 Å². The molecule has 1 heterocycles. The maximum absolute atomic E-state index is 12.3. The molecule has 0 saturated heterocycles. The highest BCUT2D eigenvalue weighted by Gasteiger charge is 2.34. The predicted molar refractivity (Wildman–Crippen MR) is 107 cm³/mol. The van der Waals surface area contributed by atoms with E-state index in [4.69, 9.17) is 5.73 Å². The lowest BCUT2D eigenvalue weighted by atomic mass is 9.99. The van der Waals surface area contributed by atoms with Crippen molar-refractivity contribution < 1.29 is 9.59 Å². The van der Waals surface area contributed by atoms with Crippen LogP contribution in [0.1, 0.15) is 52.5 Å². The highest BCUT2D eigenvalue weighted by Crippen LogP contribution is 2.22. The summed E-state index contributed by atoms with van der Waals surface area (Å²) in [5, 5.41) is 3.03. The molecule has 3 N–H and O–H groups in total. The first-order valence-corrected chi connectivity index (χ1v) is 9.13. The molecule has 1 aliphatic rings. The molecule has 140 valence electrons. The Balaban J connectivity index is 1.56. The van der Waals surface area contributed by atoms with Crippen molar-refractivity contribution in [3.05, 3.63) is 65.2 Å². The molecular formula is C21H24N4O2. The van der Waals surface area contributed by atoms with Gasteiger partial charge < -0.3 is 11.1 Å². The fourth-order valence-electron chi connectivity index (χ4n) is 3.03. The fourth-order valence-corrected chi connectivity index (χ4v) is 3.03. The Hall–Kier alpha value is -3.15. The Morgan fingerprint density at radius 1 is 1.07 bits per heavy atom. The third-order valence-corrected chi connectivity index (χ3v) is 4.85. The van der Waals surface area contributed by atoms with Gasteiger partial charge in [0.25, 0.3) is 11.8 Å². The van der Waals surface area contributed by atoms with Crippen molar-refractivity contribution in [3.8, 4) is 0 Å². The number of aliphatic imine (C=N–C) groups is 1. The lowest BCUT2D eigenvalue weighted by Gasteiger charge is -2.13. The lowest BCUT2D eigenvalue weighted by molar-refractivity contribution is 0.0659. The second-order valence-corrected chi connectivity index (χ2v) is 6.63. The minimum absolute atomic E-state index is 0.196. The second-order valence-electron chi connectivity index (χ2n) is 6.63. The molecule has 6 heteroatoms. The van der Waals surface area contributed by atoms with E-state index in [1.54, 1.807) is 24.3 Å². The number of fused-ring (bicyclic) bond motifs is 1. The zero-order chi connectivity index (χ0) is 19.4. The highest BCUT2D eigenvalue weighted by atomic mass is 16.2. The number of guanidine groups is 1. The van der Waals surface area contributed by atoms with Crippen molar-refractivity contribution in [1.82, 2.24) is 4.90 Å². The largest absolute Gasteiger partial charge is 0.370 e. The van der Waals surface area contributed by atoms with Crippen LogP contribution >= 0.6 is 0 Å². The van der Waals surface area contributed by atoms with Crippen LogP contribution in [0.15, 0.2) is 53.5 Å². The summed E-state index contributed by atoms with van der Waals surface area (Å²) in [5.74, 6) is 0.212. The van der Waals surface area contributed by atoms with Gasteiger partial charge in [-0.05, 0) is 42.2 Å². The summed E-state index contributed by atoms with van der Waals surface area (Å²) >= 11 is 0. The number of hydrogen-bond donors (Lipinski definition) is 2. The third kappa shape index (κ3) is 4.00. The molecule has 27 heavy (non-hydrogen) atoms. The van der Waals surface area contributed by atoms with Crippen molar-refractivity contribution in [2.45, 2.75) is 26.2 Å². The first kappa shape index (κ1) is 18.6. The van der Waals surface area contributed by atoms with Gasteiger partial charge in [-0.15, -0.1) is 0 Å². The number of nitrogens with two attached hydrogens (primary N) is 1. The molecule has 2 aromatic rings. The summed E-state index contributed by atoms with van der Waals surface area (Å²) in [5.41, 5.74) is 8.94. The van der Waals surface area contributed by atoms with Gasteiger partial charge in [-0.25, -0.2) is 0 Å². The van der Waals surface area contributed by atoms with Crippen molar-refractivity contribution in [2.75, 3.05) is 18.4 Å². The van der Waals surface area contributed by atoms with E-state index in [1.807, 2.05) is 12.1 Å². The van der Waals surface area contributed by atoms with Crippen molar-refractivity contribution in [1.29, 1.82) is 0 Å². The fraction of sp³-hybridized carbons (Fsp3) is 0.286. The molecule has 0 bridgehead atoms. The molecule has 2 aromatic carbocycles. The number of carbonyl (C=O) groups is 2. The monoisotopic (exact) mass is 364 g/mol. The standard InChI is InChI=1S/C21H24N4O2/c1-3-14(2)15-8-10-16(11-9-15)24-21(22)23-12-13-25-19(26)17-6-4-5-7-18(17)20(25)27/h4-11,14H,3,12-13H2,1-2H3,(H3,22,23,24). The summed E-state index contributed by atoms with van der Waals surface area (Å²) in [6, 6.07) is 14.9. The number of hydrogen-bond acceptors (Lipinski definition) is 3. The molecule has 0 spiro atoms. The molecule has 0 fully saturated rings. The quantitative estimate of drug-likeness (QED) is 0.468. The summed E-state index contributed by atoms with van der Waals surface area (Å²) in [6.07, 6.45) is 1.09. The maximum atomic E-state index is 12.3. The van der Waals surface area contributed by atoms with Gasteiger partial charge in [0.1, 0.15) is 0 Å². The van der Waals surface area contributed by atoms with Crippen molar-refractivity contribution >= 4 is 23.5 Å². The number of nitrogens with one attached hydrogen (secondary N) is 1. The van der Waals surface area contributed by atoms with Gasteiger partial charge in [0.05, 0.1) is 17.7 Å². The zero-order valence-electron chi connectivity index (χ0n) is 15.6. The van der Waals surface area contributed by atoms with Gasteiger partial charge in [-0.1, -0.05) is 38.1 Å². The molecule has 3 rings (SSSR count). The molecule has 0 saturated carbocycles. The smallest absolute Gasteiger partial charge is 0.261 e. The van der Waals surface area contributed by atoms with Crippen LogP contribution < -0.4 is 11.1 Å². The van der Waals surface area contributed by atoms with Crippen LogP contribution in [0.5, 0.6) is 0 Å². The Bertz CT molecular complexity index is 839. The molecule has 1 atom stereocenters. The molecule has 6 nitrogen and oxygen atoms in total. The summed E-state index contributed by atoms with van der Waals surface area (Å²) < 4.78 is 0. The van der Waals surface area contributed by atoms with Crippen LogP contribution in [-0.4, -0.2) is 35.8 Å². The SMILES string of the molecule is CCC(C)c1ccc(NC(N)=NCCN2C(=O)c3ccccc3C2=O)cc1. The number of benzene rings is 2. The number of nitrogens with zero attached hydrogens (tertiary/aromatic N) is 2. The molecule has 0 aromatic heterocycles. The van der Waals surface area contributed by atoms with E-state index in [1.165, 1.54) is 10.5 Å². The summed E-state index contributed by atoms with van der Waals surface area (Å²) in [4.78, 5) is 30.0. The van der Waals surface area contributed by atoms with E-state index in [9.17, 15) is 9.59 Å². The number of amides is 2. The highest BCUT2D eigenvalue weighted by molar-refractivity contribution is 6.21. The topological polar surface area (TPSA) is 87.8 Å². The molecule has 1 unspecified atom stereocenters. The van der Waals surface area contributed by atoms with Crippen molar-refractivity contribution in [3.63, 3.8) is 0 Å². The van der Waals surface area contributed by atoms with E-state index in [0.29, 0.717) is 17.0 Å².